The van der Waals surface area contributed by atoms with Crippen LogP contribution in [0.5, 0.6) is 0 Å². The fourth-order valence-corrected chi connectivity index (χ4v) is 2.95. The van der Waals surface area contributed by atoms with Crippen LogP contribution < -0.4 is 16.0 Å². The number of hydrogen-bond acceptors (Lipinski definition) is 8. The van der Waals surface area contributed by atoms with Crippen molar-refractivity contribution >= 4 is 29.0 Å². The minimum Gasteiger partial charge on any atom is -0.378 e. The molecule has 0 amide bonds. The van der Waals surface area contributed by atoms with Crippen LogP contribution in [0.15, 0.2) is 24.3 Å². The standard InChI is InChI=1S/C16H19FN6O3/c1-9-7-22(8-10(2)26-9)15-13(23(24)25)14(18)20-16(21-15)19-12-6-4-3-5-11(12)17/h3-6,9-10H,7-8H2,1-2H3,(H3,18,19,20,21)/t9-,10+. The van der Waals surface area contributed by atoms with Crippen LogP contribution in [0.3, 0.4) is 0 Å². The Hall–Kier alpha value is -3.01. The van der Waals surface area contributed by atoms with Crippen molar-refractivity contribution in [2.45, 2.75) is 26.1 Å². The van der Waals surface area contributed by atoms with Crippen molar-refractivity contribution in [1.29, 1.82) is 0 Å². The van der Waals surface area contributed by atoms with Gasteiger partial charge in [-0.1, -0.05) is 12.1 Å². The second kappa shape index (κ2) is 7.08. The zero-order valence-electron chi connectivity index (χ0n) is 14.3. The molecule has 1 aliphatic heterocycles. The van der Waals surface area contributed by atoms with Gasteiger partial charge in [0.05, 0.1) is 22.8 Å². The Bertz CT molecular complexity index is 824. The highest BCUT2D eigenvalue weighted by molar-refractivity contribution is 5.72. The van der Waals surface area contributed by atoms with Gasteiger partial charge < -0.3 is 20.7 Å². The Balaban J connectivity index is 2.02. The molecule has 10 heteroatoms. The van der Waals surface area contributed by atoms with Crippen LogP contribution in [0.1, 0.15) is 13.8 Å². The highest BCUT2D eigenvalue weighted by Gasteiger charge is 2.32. The number of nitrogens with zero attached hydrogens (tertiary/aromatic N) is 4. The molecule has 0 bridgehead atoms. The highest BCUT2D eigenvalue weighted by Crippen LogP contribution is 2.34. The Morgan fingerprint density at radius 3 is 2.58 bits per heavy atom. The normalized spacial score (nSPS) is 20.0. The maximum absolute atomic E-state index is 13.9. The summed E-state index contributed by atoms with van der Waals surface area (Å²) >= 11 is 0. The van der Waals surface area contributed by atoms with E-state index >= 15 is 0 Å². The molecule has 26 heavy (non-hydrogen) atoms. The van der Waals surface area contributed by atoms with E-state index in [2.05, 4.69) is 15.3 Å². The van der Waals surface area contributed by atoms with E-state index in [1.165, 1.54) is 12.1 Å². The minimum atomic E-state index is -0.609. The molecule has 0 unspecified atom stereocenters. The molecule has 2 aromatic rings. The molecule has 0 spiro atoms. The molecule has 1 saturated heterocycles. The van der Waals surface area contributed by atoms with Crippen LogP contribution >= 0.6 is 0 Å². The van der Waals surface area contributed by atoms with Crippen LogP contribution in [0.4, 0.5) is 33.3 Å². The number of para-hydroxylation sites is 1. The SMILES string of the molecule is C[C@@H]1CN(c2nc(Nc3ccccc3F)nc(N)c2[N+](=O)[O-])C[C@H](C)O1. The topological polar surface area (TPSA) is 119 Å². The average molecular weight is 362 g/mol. The van der Waals surface area contributed by atoms with Gasteiger partial charge >= 0.3 is 5.69 Å². The van der Waals surface area contributed by atoms with Crippen molar-refractivity contribution < 1.29 is 14.1 Å². The van der Waals surface area contributed by atoms with E-state index in [0.717, 1.165) is 0 Å². The third-order valence-corrected chi connectivity index (χ3v) is 3.91. The van der Waals surface area contributed by atoms with Crippen molar-refractivity contribution in [3.63, 3.8) is 0 Å². The summed E-state index contributed by atoms with van der Waals surface area (Å²) in [6, 6.07) is 5.98. The molecule has 1 aliphatic rings. The molecule has 1 aromatic heterocycles. The lowest BCUT2D eigenvalue weighted by Gasteiger charge is -2.35. The molecular formula is C16H19FN6O3. The third-order valence-electron chi connectivity index (χ3n) is 3.91. The first kappa shape index (κ1) is 17.8. The molecule has 0 radical (unpaired) electrons. The molecule has 138 valence electrons. The largest absolute Gasteiger partial charge is 0.378 e. The van der Waals surface area contributed by atoms with Gasteiger partial charge in [-0.2, -0.15) is 9.97 Å². The molecule has 3 N–H and O–H groups in total. The van der Waals surface area contributed by atoms with Gasteiger partial charge in [0.25, 0.3) is 0 Å². The van der Waals surface area contributed by atoms with Gasteiger partial charge in [-0.05, 0) is 26.0 Å². The van der Waals surface area contributed by atoms with E-state index in [1.54, 1.807) is 17.0 Å². The third kappa shape index (κ3) is 3.64. The van der Waals surface area contributed by atoms with Gasteiger partial charge in [-0.3, -0.25) is 10.1 Å². The number of halogens is 1. The fraction of sp³-hybridized carbons (Fsp3) is 0.375. The number of nitrogens with two attached hydrogens (primary N) is 1. The Morgan fingerprint density at radius 1 is 1.31 bits per heavy atom. The summed E-state index contributed by atoms with van der Waals surface area (Å²) in [7, 11) is 0. The highest BCUT2D eigenvalue weighted by atomic mass is 19.1. The average Bonchev–Trinajstić information content (AvgIpc) is 2.55. The van der Waals surface area contributed by atoms with Crippen LogP contribution in [0.2, 0.25) is 0 Å². The van der Waals surface area contributed by atoms with Gasteiger partial charge in [0.2, 0.25) is 17.6 Å². The summed E-state index contributed by atoms with van der Waals surface area (Å²) in [4.78, 5) is 20.8. The number of nitro groups is 1. The maximum Gasteiger partial charge on any atom is 0.353 e. The molecule has 9 nitrogen and oxygen atoms in total. The van der Waals surface area contributed by atoms with E-state index < -0.39 is 10.7 Å². The number of ether oxygens (including phenoxy) is 1. The minimum absolute atomic E-state index is 0.0139. The van der Waals surface area contributed by atoms with E-state index in [1.807, 2.05) is 13.8 Å². The summed E-state index contributed by atoms with van der Waals surface area (Å²) in [6.07, 6.45) is -0.255. The van der Waals surface area contributed by atoms with Crippen molar-refractivity contribution in [3.05, 3.63) is 40.2 Å². The predicted molar refractivity (Wildman–Crippen MR) is 95.0 cm³/mol. The fourth-order valence-electron chi connectivity index (χ4n) is 2.95. The number of morpholine rings is 1. The summed E-state index contributed by atoms with van der Waals surface area (Å²) < 4.78 is 19.5. The quantitative estimate of drug-likeness (QED) is 0.629. The number of nitrogen functional groups attached to an aromatic ring is 1. The van der Waals surface area contributed by atoms with Gasteiger partial charge in [0.1, 0.15) is 5.82 Å². The van der Waals surface area contributed by atoms with Gasteiger partial charge in [0, 0.05) is 13.1 Å². The van der Waals surface area contributed by atoms with E-state index in [4.69, 9.17) is 10.5 Å². The van der Waals surface area contributed by atoms with Gasteiger partial charge in [-0.15, -0.1) is 0 Å². The van der Waals surface area contributed by atoms with Gasteiger partial charge in [-0.25, -0.2) is 4.39 Å². The molecular weight excluding hydrogens is 343 g/mol. The smallest absolute Gasteiger partial charge is 0.353 e. The van der Waals surface area contributed by atoms with E-state index in [-0.39, 0.29) is 41.2 Å². The molecule has 2 heterocycles. The molecule has 1 aromatic carbocycles. The summed E-state index contributed by atoms with van der Waals surface area (Å²) in [5.41, 5.74) is 5.58. The first-order chi connectivity index (χ1) is 12.3. The lowest BCUT2D eigenvalue weighted by molar-refractivity contribution is -0.383. The summed E-state index contributed by atoms with van der Waals surface area (Å²) in [5.74, 6) is -0.711. The first-order valence-electron chi connectivity index (χ1n) is 8.09. The second-order valence-electron chi connectivity index (χ2n) is 6.13. The number of nitrogens with one attached hydrogen (secondary N) is 1. The Morgan fingerprint density at radius 2 is 1.96 bits per heavy atom. The number of rotatable bonds is 4. The molecule has 3 rings (SSSR count). The van der Waals surface area contributed by atoms with Crippen molar-refractivity contribution in [2.24, 2.45) is 0 Å². The van der Waals surface area contributed by atoms with Gasteiger partial charge in [0.15, 0.2) is 0 Å². The Labute approximate surface area is 149 Å². The van der Waals surface area contributed by atoms with E-state index in [9.17, 15) is 14.5 Å². The maximum atomic E-state index is 13.9. The lowest BCUT2D eigenvalue weighted by atomic mass is 10.2. The Kier molecular flexibility index (Phi) is 4.85. The van der Waals surface area contributed by atoms with Crippen LogP contribution in [0, 0.1) is 15.9 Å². The number of anilines is 4. The molecule has 0 saturated carbocycles. The second-order valence-corrected chi connectivity index (χ2v) is 6.13. The number of hydrogen-bond donors (Lipinski definition) is 2. The lowest BCUT2D eigenvalue weighted by Crippen LogP contribution is -2.46. The van der Waals surface area contributed by atoms with E-state index in [0.29, 0.717) is 13.1 Å². The van der Waals surface area contributed by atoms with Crippen molar-refractivity contribution in [2.75, 3.05) is 29.0 Å². The molecule has 0 aliphatic carbocycles. The zero-order chi connectivity index (χ0) is 18.8. The van der Waals surface area contributed by atoms with Crippen LogP contribution in [-0.4, -0.2) is 40.2 Å². The van der Waals surface area contributed by atoms with Crippen molar-refractivity contribution in [1.82, 2.24) is 9.97 Å². The first-order valence-corrected chi connectivity index (χ1v) is 8.09. The zero-order valence-corrected chi connectivity index (χ0v) is 14.3. The number of benzene rings is 1. The predicted octanol–water partition coefficient (Wildman–Crippen LogP) is 2.46. The summed E-state index contributed by atoms with van der Waals surface area (Å²) in [6.45, 7) is 4.58. The molecule has 2 atom stereocenters. The monoisotopic (exact) mass is 362 g/mol. The van der Waals surface area contributed by atoms with Crippen LogP contribution in [0.25, 0.3) is 0 Å². The van der Waals surface area contributed by atoms with Crippen LogP contribution in [-0.2, 0) is 4.74 Å². The summed E-state index contributed by atoms with van der Waals surface area (Å²) in [5, 5.41) is 14.2. The van der Waals surface area contributed by atoms with Crippen molar-refractivity contribution in [3.8, 4) is 0 Å². The molecule has 1 fully saturated rings. The number of aromatic nitrogens is 2.